The molecular formula is C24H24F4N4O4. The molecule has 3 aromatic rings. The summed E-state index contributed by atoms with van der Waals surface area (Å²) in [5.41, 5.74) is 0.966. The van der Waals surface area contributed by atoms with Gasteiger partial charge in [-0.15, -0.1) is 0 Å². The van der Waals surface area contributed by atoms with Gasteiger partial charge in [-0.2, -0.15) is 17.6 Å². The molecule has 2 aromatic carbocycles. The van der Waals surface area contributed by atoms with Gasteiger partial charge in [0.05, 0.1) is 35.7 Å². The maximum Gasteiger partial charge on any atom is 0.405 e. The number of nitrogens with zero attached hydrogens (tertiary/aromatic N) is 3. The van der Waals surface area contributed by atoms with Crippen LogP contribution in [-0.4, -0.2) is 57.5 Å². The van der Waals surface area contributed by atoms with E-state index in [1.54, 1.807) is 55.5 Å². The van der Waals surface area contributed by atoms with E-state index in [4.69, 9.17) is 0 Å². The van der Waals surface area contributed by atoms with Crippen LogP contribution < -0.4 is 10.9 Å². The predicted octanol–water partition coefficient (Wildman–Crippen LogP) is 4.16. The minimum atomic E-state index is -3.95. The fraction of sp³-hybridized carbons (Fsp3) is 0.375. The van der Waals surface area contributed by atoms with Gasteiger partial charge in [-0.3, -0.25) is 19.0 Å². The average Bonchev–Trinajstić information content (AvgIpc) is 2.77. The smallest absolute Gasteiger partial charge is 0.405 e. The van der Waals surface area contributed by atoms with Gasteiger partial charge in [-0.1, -0.05) is 30.3 Å². The van der Waals surface area contributed by atoms with Crippen LogP contribution in [0.4, 0.5) is 22.4 Å². The van der Waals surface area contributed by atoms with E-state index in [9.17, 15) is 32.3 Å². The van der Waals surface area contributed by atoms with Gasteiger partial charge in [-0.05, 0) is 50.1 Å². The summed E-state index contributed by atoms with van der Waals surface area (Å²) in [6.45, 7) is -0.377. The molecule has 36 heavy (non-hydrogen) atoms. The number of morpholine rings is 1. The number of aromatic nitrogens is 2. The first-order valence-electron chi connectivity index (χ1n) is 11.2. The van der Waals surface area contributed by atoms with Crippen molar-refractivity contribution in [2.45, 2.75) is 38.0 Å². The molecule has 0 aliphatic carbocycles. The van der Waals surface area contributed by atoms with Crippen molar-refractivity contribution >= 4 is 17.0 Å². The molecule has 0 spiro atoms. The van der Waals surface area contributed by atoms with E-state index in [0.717, 1.165) is 4.90 Å². The highest BCUT2D eigenvalue weighted by atomic mass is 19.3. The molecule has 2 N–H and O–H groups in total. The highest BCUT2D eigenvalue weighted by Crippen LogP contribution is 2.33. The summed E-state index contributed by atoms with van der Waals surface area (Å²) >= 11 is 0. The molecule has 1 saturated heterocycles. The van der Waals surface area contributed by atoms with Crippen LogP contribution in [0.25, 0.3) is 16.6 Å². The number of halogens is 4. The summed E-state index contributed by atoms with van der Waals surface area (Å²) in [5, 5.41) is 11.8. The second-order valence-corrected chi connectivity index (χ2v) is 8.62. The van der Waals surface area contributed by atoms with Crippen LogP contribution in [0.15, 0.2) is 53.3 Å². The fourth-order valence-electron chi connectivity index (χ4n) is 4.40. The molecule has 8 nitrogen and oxygen atoms in total. The lowest BCUT2D eigenvalue weighted by molar-refractivity contribution is -0.405. The second kappa shape index (κ2) is 9.86. The van der Waals surface area contributed by atoms with Gasteiger partial charge >= 0.3 is 18.3 Å². The van der Waals surface area contributed by atoms with Gasteiger partial charge in [0.1, 0.15) is 5.82 Å². The standard InChI is InChI=1S/C24H24F4N4O4/c1-15(29-22(34)35)20-30-18-11-5-7-16(19(18)21(33)32(20)17-9-3-2-4-10-17)8-6-12-31-13-23(25,26)36-24(27,28)14-31/h2-5,7,9-11,15,29H,6,8,12-14H2,1H3,(H,34,35). The quantitative estimate of drug-likeness (QED) is 0.466. The number of alkyl halides is 4. The lowest BCUT2D eigenvalue weighted by Crippen LogP contribution is -2.54. The Hall–Kier alpha value is -3.51. The van der Waals surface area contributed by atoms with Crippen molar-refractivity contribution < 1.29 is 32.2 Å². The van der Waals surface area contributed by atoms with Gasteiger partial charge in [0.2, 0.25) is 0 Å². The van der Waals surface area contributed by atoms with E-state index in [2.05, 4.69) is 15.0 Å². The van der Waals surface area contributed by atoms with Gasteiger partial charge in [0.15, 0.2) is 0 Å². The van der Waals surface area contributed by atoms with Crippen LogP contribution in [0.2, 0.25) is 0 Å². The first-order chi connectivity index (χ1) is 17.0. The van der Waals surface area contributed by atoms with Crippen molar-refractivity contribution in [3.05, 3.63) is 70.3 Å². The molecule has 4 rings (SSSR count). The fourth-order valence-corrected chi connectivity index (χ4v) is 4.40. The number of amides is 1. The summed E-state index contributed by atoms with van der Waals surface area (Å²) in [6.07, 6.45) is -8.70. The van der Waals surface area contributed by atoms with Crippen molar-refractivity contribution in [3.8, 4) is 5.69 Å². The third-order valence-electron chi connectivity index (χ3n) is 5.79. The number of nitrogens with one attached hydrogen (secondary N) is 1. The number of benzene rings is 2. The molecule has 1 unspecified atom stereocenters. The Morgan fingerprint density at radius 3 is 2.42 bits per heavy atom. The molecule has 1 aromatic heterocycles. The third-order valence-corrected chi connectivity index (χ3v) is 5.79. The van der Waals surface area contributed by atoms with E-state index in [-0.39, 0.29) is 30.6 Å². The maximum atomic E-state index is 13.7. The Bertz CT molecular complexity index is 1300. The molecule has 2 heterocycles. The number of fused-ring (bicyclic) bond motifs is 1. The Labute approximate surface area is 203 Å². The molecule has 1 aliphatic rings. The lowest BCUT2D eigenvalue weighted by Gasteiger charge is -2.36. The van der Waals surface area contributed by atoms with Crippen LogP contribution in [-0.2, 0) is 11.2 Å². The number of ether oxygens (including phenoxy) is 1. The van der Waals surface area contributed by atoms with Crippen molar-refractivity contribution in [1.29, 1.82) is 0 Å². The lowest BCUT2D eigenvalue weighted by atomic mass is 10.0. The number of carboxylic acid groups (broad SMARTS) is 1. The number of rotatable bonds is 7. The van der Waals surface area contributed by atoms with E-state index < -0.39 is 43.0 Å². The van der Waals surface area contributed by atoms with E-state index >= 15 is 0 Å². The molecule has 1 fully saturated rings. The van der Waals surface area contributed by atoms with Gasteiger partial charge in [-0.25, -0.2) is 9.78 Å². The third kappa shape index (κ3) is 5.65. The van der Waals surface area contributed by atoms with Crippen LogP contribution in [0, 0.1) is 0 Å². The Balaban J connectivity index is 1.68. The largest absolute Gasteiger partial charge is 0.465 e. The average molecular weight is 508 g/mol. The maximum absolute atomic E-state index is 13.7. The van der Waals surface area contributed by atoms with Crippen molar-refractivity contribution in [2.24, 2.45) is 0 Å². The Kier molecular flexibility index (Phi) is 7.01. The summed E-state index contributed by atoms with van der Waals surface area (Å²) in [4.78, 5) is 30.5. The van der Waals surface area contributed by atoms with E-state index in [1.165, 1.54) is 4.57 Å². The summed E-state index contributed by atoms with van der Waals surface area (Å²) in [7, 11) is 0. The molecule has 0 radical (unpaired) electrons. The minimum absolute atomic E-state index is 0.0527. The Morgan fingerprint density at radius 1 is 1.11 bits per heavy atom. The molecule has 1 amide bonds. The first-order valence-corrected chi connectivity index (χ1v) is 11.2. The minimum Gasteiger partial charge on any atom is -0.465 e. The zero-order valence-electron chi connectivity index (χ0n) is 19.3. The molecule has 192 valence electrons. The number of hydrogen-bond acceptors (Lipinski definition) is 5. The topological polar surface area (TPSA) is 96.7 Å². The molecular weight excluding hydrogens is 484 g/mol. The monoisotopic (exact) mass is 508 g/mol. The summed E-state index contributed by atoms with van der Waals surface area (Å²) < 4.78 is 58.9. The Morgan fingerprint density at radius 2 is 1.78 bits per heavy atom. The zero-order valence-corrected chi connectivity index (χ0v) is 19.3. The predicted molar refractivity (Wildman–Crippen MR) is 123 cm³/mol. The number of hydrogen-bond donors (Lipinski definition) is 2. The molecule has 12 heteroatoms. The van der Waals surface area contributed by atoms with Crippen molar-refractivity contribution in [2.75, 3.05) is 19.6 Å². The number of carbonyl (C=O) groups is 1. The molecule has 0 saturated carbocycles. The molecule has 1 atom stereocenters. The normalized spacial score (nSPS) is 18.1. The van der Waals surface area contributed by atoms with Crippen LogP contribution in [0.1, 0.15) is 30.8 Å². The van der Waals surface area contributed by atoms with Gasteiger partial charge in [0.25, 0.3) is 5.56 Å². The summed E-state index contributed by atoms with van der Waals surface area (Å²) in [6, 6.07) is 12.8. The number of aryl methyl sites for hydroxylation is 1. The van der Waals surface area contributed by atoms with E-state index in [0.29, 0.717) is 16.8 Å². The van der Waals surface area contributed by atoms with Crippen molar-refractivity contribution in [3.63, 3.8) is 0 Å². The van der Waals surface area contributed by atoms with Gasteiger partial charge < -0.3 is 10.4 Å². The zero-order chi connectivity index (χ0) is 26.1. The van der Waals surface area contributed by atoms with Crippen LogP contribution >= 0.6 is 0 Å². The second-order valence-electron chi connectivity index (χ2n) is 8.62. The van der Waals surface area contributed by atoms with E-state index in [1.807, 2.05) is 0 Å². The molecule has 1 aliphatic heterocycles. The van der Waals surface area contributed by atoms with Crippen LogP contribution in [0.5, 0.6) is 0 Å². The molecule has 0 bridgehead atoms. The van der Waals surface area contributed by atoms with Crippen LogP contribution in [0.3, 0.4) is 0 Å². The summed E-state index contributed by atoms with van der Waals surface area (Å²) in [5.74, 6) is 0.191. The van der Waals surface area contributed by atoms with Crippen molar-refractivity contribution in [1.82, 2.24) is 19.8 Å². The number of para-hydroxylation sites is 1. The first kappa shape index (κ1) is 25.6. The highest BCUT2D eigenvalue weighted by molar-refractivity contribution is 5.82. The SMILES string of the molecule is CC(NC(=O)O)c1nc2cccc(CCCN3CC(F)(F)OC(F)(F)C3)c2c(=O)n1-c1ccccc1. The highest BCUT2D eigenvalue weighted by Gasteiger charge is 2.51. The van der Waals surface area contributed by atoms with Gasteiger partial charge in [0, 0.05) is 0 Å².